The number of carbonyl (C=O) groups is 1. The molecule has 0 heterocycles. The maximum Gasteiger partial charge on any atom is 0.261 e. The van der Waals surface area contributed by atoms with Crippen LogP contribution in [0.25, 0.3) is 0 Å². The molecule has 0 aliphatic carbocycles. The first-order valence-electron chi connectivity index (χ1n) is 9.62. The number of hydrogen-bond donors (Lipinski definition) is 2. The van der Waals surface area contributed by atoms with Crippen molar-refractivity contribution in [1.29, 1.82) is 0 Å². The van der Waals surface area contributed by atoms with Gasteiger partial charge < -0.3 is 5.32 Å². The van der Waals surface area contributed by atoms with E-state index < -0.39 is 10.0 Å². The number of benzene rings is 3. The lowest BCUT2D eigenvalue weighted by atomic mass is 10.1. The Bertz CT molecular complexity index is 1160. The van der Waals surface area contributed by atoms with E-state index in [0.29, 0.717) is 34.1 Å². The van der Waals surface area contributed by atoms with Gasteiger partial charge in [0.1, 0.15) is 0 Å². The van der Waals surface area contributed by atoms with Crippen LogP contribution in [0, 0.1) is 13.8 Å². The summed E-state index contributed by atoms with van der Waals surface area (Å²) in [7, 11) is -3.74. The van der Waals surface area contributed by atoms with Gasteiger partial charge in [-0.2, -0.15) is 0 Å². The molecule has 0 aromatic heterocycles. The average molecular weight is 475 g/mol. The summed E-state index contributed by atoms with van der Waals surface area (Å²) in [4.78, 5) is 13.9. The van der Waals surface area contributed by atoms with Gasteiger partial charge in [0.05, 0.1) is 10.6 Å². The number of anilines is 1. The predicted octanol–water partition coefficient (Wildman–Crippen LogP) is 5.28. The molecule has 2 N–H and O–H groups in total. The molecule has 0 spiro atoms. The van der Waals surface area contributed by atoms with Crippen molar-refractivity contribution in [3.8, 4) is 0 Å². The summed E-state index contributed by atoms with van der Waals surface area (Å²) in [5.74, 6) is 0.456. The van der Waals surface area contributed by atoms with Crippen LogP contribution in [0.3, 0.4) is 0 Å². The molecule has 3 aromatic carbocycles. The zero-order chi connectivity index (χ0) is 22.4. The van der Waals surface area contributed by atoms with E-state index in [0.717, 1.165) is 10.5 Å². The second-order valence-corrected chi connectivity index (χ2v) is 10.2. The highest BCUT2D eigenvalue weighted by atomic mass is 35.5. The van der Waals surface area contributed by atoms with Gasteiger partial charge in [-0.3, -0.25) is 9.52 Å². The van der Waals surface area contributed by atoms with E-state index >= 15 is 0 Å². The fraction of sp³-hybridized carbons (Fsp3) is 0.174. The Morgan fingerprint density at radius 2 is 1.65 bits per heavy atom. The summed E-state index contributed by atoms with van der Waals surface area (Å²) in [5, 5.41) is 3.57. The van der Waals surface area contributed by atoms with Gasteiger partial charge in [-0.15, -0.1) is 11.8 Å². The Kier molecular flexibility index (Phi) is 7.64. The van der Waals surface area contributed by atoms with Gasteiger partial charge in [0, 0.05) is 27.8 Å². The maximum absolute atomic E-state index is 12.7. The molecular weight excluding hydrogens is 452 g/mol. The number of hydrogen-bond acceptors (Lipinski definition) is 4. The highest BCUT2D eigenvalue weighted by Crippen LogP contribution is 2.23. The number of halogens is 1. The molecule has 0 saturated heterocycles. The first-order valence-corrected chi connectivity index (χ1v) is 12.5. The third-order valence-corrected chi connectivity index (χ3v) is 7.27. The van der Waals surface area contributed by atoms with Crippen LogP contribution in [0.15, 0.2) is 76.5 Å². The Morgan fingerprint density at radius 3 is 2.32 bits per heavy atom. The minimum absolute atomic E-state index is 0.173. The van der Waals surface area contributed by atoms with Crippen molar-refractivity contribution in [3.05, 3.63) is 88.4 Å². The third kappa shape index (κ3) is 6.26. The zero-order valence-electron chi connectivity index (χ0n) is 17.2. The van der Waals surface area contributed by atoms with Crippen molar-refractivity contribution in [3.63, 3.8) is 0 Å². The van der Waals surface area contributed by atoms with E-state index in [1.54, 1.807) is 61.2 Å². The Balaban J connectivity index is 1.63. The Hall–Kier alpha value is -2.48. The summed E-state index contributed by atoms with van der Waals surface area (Å²) in [6.45, 7) is 4.10. The van der Waals surface area contributed by atoms with Crippen molar-refractivity contribution in [2.24, 2.45) is 0 Å². The molecule has 5 nitrogen and oxygen atoms in total. The van der Waals surface area contributed by atoms with Crippen LogP contribution < -0.4 is 10.0 Å². The van der Waals surface area contributed by atoms with Crippen LogP contribution in [-0.4, -0.2) is 26.6 Å². The van der Waals surface area contributed by atoms with Crippen LogP contribution in [-0.2, 0) is 10.0 Å². The van der Waals surface area contributed by atoms with Crippen LogP contribution in [0.5, 0.6) is 0 Å². The molecule has 0 bridgehead atoms. The lowest BCUT2D eigenvalue weighted by molar-refractivity contribution is 0.0955. The first kappa shape index (κ1) is 23.2. The molecule has 3 aromatic rings. The standard InChI is InChI=1S/C23H23ClN2O3S2/c1-16-6-12-20(13-7-16)31(28,29)26-22-5-3-4-21(17(22)2)23(27)25-14-15-30-19-10-8-18(24)9-11-19/h3-13,26H,14-15H2,1-2H3,(H,25,27). The summed E-state index contributed by atoms with van der Waals surface area (Å²) in [5.41, 5.74) is 2.36. The minimum atomic E-state index is -3.74. The van der Waals surface area contributed by atoms with Crippen molar-refractivity contribution in [2.45, 2.75) is 23.6 Å². The van der Waals surface area contributed by atoms with E-state index in [9.17, 15) is 13.2 Å². The van der Waals surface area contributed by atoms with E-state index in [-0.39, 0.29) is 10.8 Å². The predicted molar refractivity (Wildman–Crippen MR) is 128 cm³/mol. The summed E-state index contributed by atoms with van der Waals surface area (Å²) in [6, 6.07) is 19.1. The van der Waals surface area contributed by atoms with Gasteiger partial charge in [-0.25, -0.2) is 8.42 Å². The SMILES string of the molecule is Cc1ccc(S(=O)(=O)Nc2cccc(C(=O)NCCSc3ccc(Cl)cc3)c2C)cc1. The molecular formula is C23H23ClN2O3S2. The lowest BCUT2D eigenvalue weighted by Crippen LogP contribution is -2.26. The molecule has 0 aliphatic heterocycles. The van der Waals surface area contributed by atoms with Gasteiger partial charge in [-0.1, -0.05) is 35.4 Å². The number of sulfonamides is 1. The highest BCUT2D eigenvalue weighted by Gasteiger charge is 2.18. The number of rotatable bonds is 8. The van der Waals surface area contributed by atoms with Crippen LogP contribution in [0.2, 0.25) is 5.02 Å². The van der Waals surface area contributed by atoms with E-state index in [1.807, 2.05) is 31.2 Å². The molecule has 1 amide bonds. The van der Waals surface area contributed by atoms with Gasteiger partial charge in [0.25, 0.3) is 15.9 Å². The molecule has 0 radical (unpaired) electrons. The lowest BCUT2D eigenvalue weighted by Gasteiger charge is -2.14. The molecule has 0 atom stereocenters. The second kappa shape index (κ2) is 10.2. The largest absolute Gasteiger partial charge is 0.351 e. The maximum atomic E-state index is 12.7. The molecule has 162 valence electrons. The van der Waals surface area contributed by atoms with Gasteiger partial charge in [-0.05, 0) is 67.9 Å². The van der Waals surface area contributed by atoms with Gasteiger partial charge in [0.15, 0.2) is 0 Å². The molecule has 0 unspecified atom stereocenters. The topological polar surface area (TPSA) is 75.3 Å². The van der Waals surface area contributed by atoms with Gasteiger partial charge in [0.2, 0.25) is 0 Å². The monoisotopic (exact) mass is 474 g/mol. The van der Waals surface area contributed by atoms with Crippen molar-refractivity contribution in [2.75, 3.05) is 17.0 Å². The van der Waals surface area contributed by atoms with Crippen LogP contribution in [0.4, 0.5) is 5.69 Å². The Labute approximate surface area is 192 Å². The number of nitrogens with one attached hydrogen (secondary N) is 2. The van der Waals surface area contributed by atoms with Gasteiger partial charge >= 0.3 is 0 Å². The third-order valence-electron chi connectivity index (χ3n) is 4.62. The normalized spacial score (nSPS) is 11.2. The summed E-state index contributed by atoms with van der Waals surface area (Å²) < 4.78 is 28.0. The number of amides is 1. The minimum Gasteiger partial charge on any atom is -0.351 e. The zero-order valence-corrected chi connectivity index (χ0v) is 19.6. The molecule has 0 saturated carbocycles. The molecule has 8 heteroatoms. The van der Waals surface area contributed by atoms with Crippen LogP contribution >= 0.6 is 23.4 Å². The molecule has 3 rings (SSSR count). The van der Waals surface area contributed by atoms with Crippen molar-refractivity contribution >= 4 is 45.0 Å². The molecule has 0 aliphatic rings. The first-order chi connectivity index (χ1) is 14.8. The fourth-order valence-corrected chi connectivity index (χ4v) is 4.89. The average Bonchev–Trinajstić information content (AvgIpc) is 2.74. The highest BCUT2D eigenvalue weighted by molar-refractivity contribution is 7.99. The van der Waals surface area contributed by atoms with E-state index in [1.165, 1.54) is 0 Å². The van der Waals surface area contributed by atoms with Crippen LogP contribution in [0.1, 0.15) is 21.5 Å². The van der Waals surface area contributed by atoms with Crippen molar-refractivity contribution < 1.29 is 13.2 Å². The molecule has 31 heavy (non-hydrogen) atoms. The second-order valence-electron chi connectivity index (χ2n) is 6.95. The Morgan fingerprint density at radius 1 is 0.968 bits per heavy atom. The van der Waals surface area contributed by atoms with E-state index in [4.69, 9.17) is 11.6 Å². The number of thioether (sulfide) groups is 1. The number of carbonyl (C=O) groups excluding carboxylic acids is 1. The number of aryl methyl sites for hydroxylation is 1. The van der Waals surface area contributed by atoms with E-state index in [2.05, 4.69) is 10.0 Å². The van der Waals surface area contributed by atoms with Crippen molar-refractivity contribution in [1.82, 2.24) is 5.32 Å². The molecule has 0 fully saturated rings. The fourth-order valence-electron chi connectivity index (χ4n) is 2.87. The summed E-state index contributed by atoms with van der Waals surface area (Å²) in [6.07, 6.45) is 0. The quantitative estimate of drug-likeness (QED) is 0.344. The summed E-state index contributed by atoms with van der Waals surface area (Å²) >= 11 is 7.50. The smallest absolute Gasteiger partial charge is 0.261 e.